The Hall–Kier alpha value is -2.39. The van der Waals surface area contributed by atoms with Crippen molar-refractivity contribution in [1.82, 2.24) is 10.2 Å². The van der Waals surface area contributed by atoms with Crippen LogP contribution in [0.3, 0.4) is 0 Å². The maximum atomic E-state index is 13.6. The van der Waals surface area contributed by atoms with Crippen molar-refractivity contribution in [3.63, 3.8) is 0 Å². The smallest absolute Gasteiger partial charge is 0.244 e. The number of hydrogen-bond acceptors (Lipinski definition) is 4. The molecule has 1 unspecified atom stereocenters. The Morgan fingerprint density at radius 2 is 1.65 bits per heavy atom. The summed E-state index contributed by atoms with van der Waals surface area (Å²) in [6, 6.07) is 13.9. The highest BCUT2D eigenvalue weighted by atomic mass is 79.9. The summed E-state index contributed by atoms with van der Waals surface area (Å²) >= 11 is 3.40. The lowest BCUT2D eigenvalue weighted by atomic mass is 10.0. The number of hydrogen-bond donors (Lipinski definition) is 1. The third-order valence-corrected chi connectivity index (χ3v) is 7.14. The number of rotatable bonds is 11. The molecule has 0 heterocycles. The summed E-state index contributed by atoms with van der Waals surface area (Å²) < 4.78 is 27.6. The molecule has 9 heteroatoms. The van der Waals surface area contributed by atoms with Crippen LogP contribution in [0.15, 0.2) is 53.0 Å². The zero-order chi connectivity index (χ0) is 25.5. The Bertz CT molecular complexity index is 1090. The van der Waals surface area contributed by atoms with Crippen LogP contribution in [-0.2, 0) is 26.2 Å². The Labute approximate surface area is 211 Å². The standard InChI is InChI=1S/C25H34BrN3O4S/c1-6-15-27-25(31)19(4)28(16-20-11-13-21(26)14-12-20)24(30)17-29(34(5,32)33)23-10-8-7-9-22(23)18(2)3/h7-14,18-19H,6,15-17H2,1-5H3,(H,27,31). The molecule has 0 radical (unpaired) electrons. The molecule has 0 spiro atoms. The van der Waals surface area contributed by atoms with E-state index < -0.39 is 28.5 Å². The highest BCUT2D eigenvalue weighted by molar-refractivity contribution is 9.10. The molecule has 0 aromatic heterocycles. The zero-order valence-corrected chi connectivity index (χ0v) is 22.8. The second-order valence-corrected chi connectivity index (χ2v) is 11.4. The Morgan fingerprint density at radius 1 is 1.03 bits per heavy atom. The predicted molar refractivity (Wildman–Crippen MR) is 140 cm³/mol. The van der Waals surface area contributed by atoms with E-state index in [0.717, 1.165) is 32.6 Å². The lowest BCUT2D eigenvalue weighted by Crippen LogP contribution is -2.51. The van der Waals surface area contributed by atoms with Gasteiger partial charge in [0.25, 0.3) is 0 Å². The average Bonchev–Trinajstić information content (AvgIpc) is 2.79. The number of para-hydroxylation sites is 1. The van der Waals surface area contributed by atoms with Crippen LogP contribution in [0.4, 0.5) is 5.69 Å². The number of amides is 2. The average molecular weight is 553 g/mol. The Morgan fingerprint density at radius 3 is 2.21 bits per heavy atom. The number of halogens is 1. The fourth-order valence-electron chi connectivity index (χ4n) is 3.56. The van der Waals surface area contributed by atoms with Gasteiger partial charge in [-0.05, 0) is 48.6 Å². The first kappa shape index (κ1) is 27.9. The Balaban J connectivity index is 2.43. The molecule has 0 aliphatic heterocycles. The molecule has 34 heavy (non-hydrogen) atoms. The van der Waals surface area contributed by atoms with Crippen LogP contribution < -0.4 is 9.62 Å². The number of nitrogens with one attached hydrogen (secondary N) is 1. The molecule has 2 aromatic carbocycles. The molecule has 1 N–H and O–H groups in total. The first-order valence-electron chi connectivity index (χ1n) is 11.3. The summed E-state index contributed by atoms with van der Waals surface area (Å²) in [6.45, 7) is 7.84. The van der Waals surface area contributed by atoms with Gasteiger partial charge in [0.2, 0.25) is 21.8 Å². The molecule has 2 amide bonds. The van der Waals surface area contributed by atoms with Gasteiger partial charge in [0.05, 0.1) is 11.9 Å². The van der Waals surface area contributed by atoms with E-state index in [-0.39, 0.29) is 18.4 Å². The SMILES string of the molecule is CCCNC(=O)C(C)N(Cc1ccc(Br)cc1)C(=O)CN(c1ccccc1C(C)C)S(C)(=O)=O. The fraction of sp³-hybridized carbons (Fsp3) is 0.440. The van der Waals surface area contributed by atoms with Gasteiger partial charge in [0.1, 0.15) is 12.6 Å². The van der Waals surface area contributed by atoms with Crippen LogP contribution in [0.1, 0.15) is 51.2 Å². The van der Waals surface area contributed by atoms with Crippen LogP contribution in [0.5, 0.6) is 0 Å². The molecule has 0 aliphatic rings. The summed E-state index contributed by atoms with van der Waals surface area (Å²) in [4.78, 5) is 27.8. The molecule has 0 saturated carbocycles. The lowest BCUT2D eigenvalue weighted by molar-refractivity contribution is -0.139. The van der Waals surface area contributed by atoms with Crippen molar-refractivity contribution >= 4 is 43.5 Å². The van der Waals surface area contributed by atoms with Crippen molar-refractivity contribution in [2.24, 2.45) is 0 Å². The van der Waals surface area contributed by atoms with Crippen LogP contribution in [-0.4, -0.2) is 50.5 Å². The third kappa shape index (κ3) is 7.56. The Kier molecular flexibility index (Phi) is 10.1. The van der Waals surface area contributed by atoms with Crippen LogP contribution in [0.2, 0.25) is 0 Å². The number of anilines is 1. The number of nitrogens with zero attached hydrogens (tertiary/aromatic N) is 2. The predicted octanol–water partition coefficient (Wildman–Crippen LogP) is 4.28. The molecule has 1 atom stereocenters. The summed E-state index contributed by atoms with van der Waals surface area (Å²) in [5.74, 6) is -0.667. The van der Waals surface area contributed by atoms with E-state index in [9.17, 15) is 18.0 Å². The molecular formula is C25H34BrN3O4S. The lowest BCUT2D eigenvalue weighted by Gasteiger charge is -2.32. The first-order chi connectivity index (χ1) is 16.0. The van der Waals surface area contributed by atoms with Gasteiger partial charge in [0, 0.05) is 17.6 Å². The summed E-state index contributed by atoms with van der Waals surface area (Å²) in [7, 11) is -3.76. The highest BCUT2D eigenvalue weighted by Gasteiger charge is 2.30. The van der Waals surface area contributed by atoms with E-state index in [4.69, 9.17) is 0 Å². The minimum absolute atomic E-state index is 0.0631. The van der Waals surface area contributed by atoms with E-state index in [1.807, 2.05) is 57.2 Å². The summed E-state index contributed by atoms with van der Waals surface area (Å²) in [5, 5.41) is 2.83. The van der Waals surface area contributed by atoms with Gasteiger partial charge in [-0.25, -0.2) is 8.42 Å². The van der Waals surface area contributed by atoms with Crippen molar-refractivity contribution in [2.75, 3.05) is 23.7 Å². The van der Waals surface area contributed by atoms with E-state index in [1.165, 1.54) is 4.90 Å². The molecule has 0 aliphatic carbocycles. The maximum absolute atomic E-state index is 13.6. The summed E-state index contributed by atoms with van der Waals surface area (Å²) in [5.41, 5.74) is 2.13. The fourth-order valence-corrected chi connectivity index (χ4v) is 4.70. The third-order valence-electron chi connectivity index (χ3n) is 5.49. The van der Waals surface area contributed by atoms with Crippen molar-refractivity contribution < 1.29 is 18.0 Å². The van der Waals surface area contributed by atoms with Gasteiger partial charge in [-0.2, -0.15) is 0 Å². The molecule has 0 saturated heterocycles. The van der Waals surface area contributed by atoms with Gasteiger partial charge in [-0.1, -0.05) is 67.0 Å². The van der Waals surface area contributed by atoms with Crippen LogP contribution in [0, 0.1) is 0 Å². The van der Waals surface area contributed by atoms with Crippen molar-refractivity contribution in [1.29, 1.82) is 0 Å². The van der Waals surface area contributed by atoms with Gasteiger partial charge in [-0.15, -0.1) is 0 Å². The van der Waals surface area contributed by atoms with Gasteiger partial charge >= 0.3 is 0 Å². The largest absolute Gasteiger partial charge is 0.354 e. The minimum atomic E-state index is -3.76. The molecular weight excluding hydrogens is 518 g/mol. The molecule has 7 nitrogen and oxygen atoms in total. The van der Waals surface area contributed by atoms with E-state index in [2.05, 4.69) is 21.2 Å². The van der Waals surface area contributed by atoms with Crippen molar-refractivity contribution in [3.8, 4) is 0 Å². The second kappa shape index (κ2) is 12.4. The number of carbonyl (C=O) groups is 2. The second-order valence-electron chi connectivity index (χ2n) is 8.60. The molecule has 2 aromatic rings. The number of benzene rings is 2. The molecule has 186 valence electrons. The number of carbonyl (C=O) groups excluding carboxylic acids is 2. The van der Waals surface area contributed by atoms with Crippen molar-refractivity contribution in [2.45, 2.75) is 52.6 Å². The first-order valence-corrected chi connectivity index (χ1v) is 14.0. The van der Waals surface area contributed by atoms with Gasteiger partial charge in [0.15, 0.2) is 0 Å². The van der Waals surface area contributed by atoms with Gasteiger partial charge < -0.3 is 10.2 Å². The van der Waals surface area contributed by atoms with Gasteiger partial charge in [-0.3, -0.25) is 13.9 Å². The normalized spacial score (nSPS) is 12.3. The highest BCUT2D eigenvalue weighted by Crippen LogP contribution is 2.29. The molecule has 0 fully saturated rings. The van der Waals surface area contributed by atoms with Crippen LogP contribution >= 0.6 is 15.9 Å². The van der Waals surface area contributed by atoms with E-state index in [1.54, 1.807) is 19.1 Å². The minimum Gasteiger partial charge on any atom is -0.354 e. The zero-order valence-electron chi connectivity index (χ0n) is 20.4. The van der Waals surface area contributed by atoms with Crippen molar-refractivity contribution in [3.05, 3.63) is 64.1 Å². The maximum Gasteiger partial charge on any atom is 0.244 e. The quantitative estimate of drug-likeness (QED) is 0.451. The van der Waals surface area contributed by atoms with E-state index in [0.29, 0.717) is 12.2 Å². The van der Waals surface area contributed by atoms with E-state index >= 15 is 0 Å². The molecule has 0 bridgehead atoms. The topological polar surface area (TPSA) is 86.8 Å². The monoisotopic (exact) mass is 551 g/mol. The number of sulfonamides is 1. The van der Waals surface area contributed by atoms with Crippen LogP contribution in [0.25, 0.3) is 0 Å². The molecule has 2 rings (SSSR count). The summed E-state index contributed by atoms with van der Waals surface area (Å²) in [6.07, 6.45) is 1.86.